The fraction of sp³-hybridized carbons (Fsp3) is 0.684. The van der Waals surface area contributed by atoms with Gasteiger partial charge in [-0.15, -0.1) is 0 Å². The summed E-state index contributed by atoms with van der Waals surface area (Å²) in [5.74, 6) is -1.65. The molecule has 0 N–H and O–H groups in total. The van der Waals surface area contributed by atoms with Crippen LogP contribution >= 0.6 is 0 Å². The van der Waals surface area contributed by atoms with Crippen molar-refractivity contribution >= 4 is 11.9 Å². The first kappa shape index (κ1) is 25.3. The fourth-order valence-corrected chi connectivity index (χ4v) is 1.57. The minimum absolute atomic E-state index is 0.171. The van der Waals surface area contributed by atoms with Gasteiger partial charge in [-0.1, -0.05) is 13.2 Å². The Kier molecular flexibility index (Phi) is 13.4. The number of carbonyl (C=O) groups excluding carboxylic acids is 2. The highest BCUT2D eigenvalue weighted by molar-refractivity contribution is 5.87. The predicted octanol–water partition coefficient (Wildman–Crippen LogP) is 2.03. The lowest BCUT2D eigenvalue weighted by molar-refractivity contribution is -0.223. The molecule has 0 saturated heterocycles. The van der Waals surface area contributed by atoms with Crippen molar-refractivity contribution in [3.05, 3.63) is 24.3 Å². The van der Waals surface area contributed by atoms with E-state index in [2.05, 4.69) is 13.2 Å². The van der Waals surface area contributed by atoms with Crippen LogP contribution in [0.4, 0.5) is 0 Å². The van der Waals surface area contributed by atoms with Crippen LogP contribution in [-0.2, 0) is 38.0 Å². The Hall–Kier alpha value is -1.74. The van der Waals surface area contributed by atoms with Crippen molar-refractivity contribution in [1.82, 2.24) is 0 Å². The second-order valence-electron chi connectivity index (χ2n) is 6.15. The first-order chi connectivity index (χ1) is 12.7. The molecular formula is C19H32O8. The zero-order valence-corrected chi connectivity index (χ0v) is 16.8. The molecule has 0 fully saturated rings. The van der Waals surface area contributed by atoms with Gasteiger partial charge >= 0.3 is 11.9 Å². The summed E-state index contributed by atoms with van der Waals surface area (Å²) >= 11 is 0. The van der Waals surface area contributed by atoms with E-state index in [1.807, 2.05) is 0 Å². The first-order valence-electron chi connectivity index (χ1n) is 8.74. The smallest absolute Gasteiger partial charge is 0.333 e. The molecule has 0 radical (unpaired) electrons. The van der Waals surface area contributed by atoms with Gasteiger partial charge in [-0.2, -0.15) is 0 Å². The van der Waals surface area contributed by atoms with Crippen molar-refractivity contribution < 1.29 is 38.0 Å². The summed E-state index contributed by atoms with van der Waals surface area (Å²) in [4.78, 5) is 22.3. The first-order valence-corrected chi connectivity index (χ1v) is 8.74. The molecule has 0 aromatic carbocycles. The van der Waals surface area contributed by atoms with Crippen LogP contribution in [0.5, 0.6) is 0 Å². The quantitative estimate of drug-likeness (QED) is 0.172. The van der Waals surface area contributed by atoms with E-state index in [1.54, 1.807) is 27.7 Å². The molecule has 0 aromatic heterocycles. The monoisotopic (exact) mass is 388 g/mol. The number of esters is 2. The summed E-state index contributed by atoms with van der Waals surface area (Å²) in [5, 5.41) is 0. The molecule has 0 atom stereocenters. The largest absolute Gasteiger partial charge is 0.460 e. The van der Waals surface area contributed by atoms with E-state index < -0.39 is 17.7 Å². The molecule has 8 nitrogen and oxygen atoms in total. The Morgan fingerprint density at radius 3 is 1.33 bits per heavy atom. The molecule has 0 spiro atoms. The molecule has 0 aliphatic rings. The van der Waals surface area contributed by atoms with Gasteiger partial charge in [0.15, 0.2) is 5.79 Å². The van der Waals surface area contributed by atoms with Gasteiger partial charge in [-0.3, -0.25) is 0 Å². The van der Waals surface area contributed by atoms with Crippen molar-refractivity contribution in [1.29, 1.82) is 0 Å². The van der Waals surface area contributed by atoms with Crippen LogP contribution in [0.25, 0.3) is 0 Å². The number of ether oxygens (including phenoxy) is 6. The van der Waals surface area contributed by atoms with E-state index in [0.29, 0.717) is 37.6 Å². The third kappa shape index (κ3) is 15.1. The van der Waals surface area contributed by atoms with Crippen LogP contribution in [0.15, 0.2) is 24.3 Å². The van der Waals surface area contributed by atoms with Gasteiger partial charge in [-0.05, 0) is 27.7 Å². The van der Waals surface area contributed by atoms with E-state index in [1.165, 1.54) is 0 Å². The summed E-state index contributed by atoms with van der Waals surface area (Å²) in [6.45, 7) is 16.0. The van der Waals surface area contributed by atoms with Crippen molar-refractivity contribution in [2.24, 2.45) is 0 Å². The molecule has 156 valence electrons. The van der Waals surface area contributed by atoms with Gasteiger partial charge in [0.2, 0.25) is 0 Å². The molecule has 0 aliphatic carbocycles. The highest BCUT2D eigenvalue weighted by Crippen LogP contribution is 2.10. The summed E-state index contributed by atoms with van der Waals surface area (Å²) in [6.07, 6.45) is 0. The molecule has 8 heteroatoms. The molecule has 0 aliphatic heterocycles. The fourth-order valence-electron chi connectivity index (χ4n) is 1.57. The molecule has 0 amide bonds. The van der Waals surface area contributed by atoms with Gasteiger partial charge in [0.1, 0.15) is 13.2 Å². The number of carbonyl (C=O) groups is 2. The number of hydrogen-bond acceptors (Lipinski definition) is 8. The minimum atomic E-state index is -0.786. The van der Waals surface area contributed by atoms with Crippen LogP contribution in [0.3, 0.4) is 0 Å². The third-order valence-electron chi connectivity index (χ3n) is 2.97. The van der Waals surface area contributed by atoms with Gasteiger partial charge in [0.25, 0.3) is 0 Å². The van der Waals surface area contributed by atoms with Crippen LogP contribution in [0, 0.1) is 0 Å². The third-order valence-corrected chi connectivity index (χ3v) is 2.97. The lowest BCUT2D eigenvalue weighted by Crippen LogP contribution is -2.31. The Labute approximate surface area is 161 Å². The highest BCUT2D eigenvalue weighted by atomic mass is 16.7. The van der Waals surface area contributed by atoms with Gasteiger partial charge in [0, 0.05) is 11.1 Å². The molecule has 0 unspecified atom stereocenters. The normalized spacial score (nSPS) is 11.1. The van der Waals surface area contributed by atoms with E-state index in [4.69, 9.17) is 28.4 Å². The van der Waals surface area contributed by atoms with Crippen molar-refractivity contribution in [2.45, 2.75) is 33.5 Å². The Balaban J connectivity index is 3.55. The molecule has 0 bridgehead atoms. The maximum atomic E-state index is 11.1. The number of rotatable bonds is 16. The Morgan fingerprint density at radius 1 is 0.667 bits per heavy atom. The standard InChI is InChI=1S/C19H32O8/c1-15(2)17(20)24-11-7-22-9-13-26-19(5,6)27-14-10-23-8-12-25-18(21)16(3)4/h1,3,7-14H2,2,4-6H3. The average Bonchev–Trinajstić information content (AvgIpc) is 2.59. The highest BCUT2D eigenvalue weighted by Gasteiger charge is 2.18. The molecule has 27 heavy (non-hydrogen) atoms. The average molecular weight is 388 g/mol. The molecule has 0 saturated carbocycles. The second kappa shape index (κ2) is 14.3. The van der Waals surface area contributed by atoms with Gasteiger partial charge in [0.05, 0.1) is 39.6 Å². The van der Waals surface area contributed by atoms with Gasteiger partial charge < -0.3 is 28.4 Å². The van der Waals surface area contributed by atoms with Crippen LogP contribution < -0.4 is 0 Å². The van der Waals surface area contributed by atoms with Gasteiger partial charge in [-0.25, -0.2) is 9.59 Å². The summed E-state index contributed by atoms with van der Waals surface area (Å²) in [6, 6.07) is 0. The van der Waals surface area contributed by atoms with Crippen molar-refractivity contribution in [2.75, 3.05) is 52.9 Å². The Bertz CT molecular complexity index is 442. The van der Waals surface area contributed by atoms with E-state index >= 15 is 0 Å². The van der Waals surface area contributed by atoms with Crippen LogP contribution in [0.1, 0.15) is 27.7 Å². The summed E-state index contributed by atoms with van der Waals surface area (Å²) in [7, 11) is 0. The van der Waals surface area contributed by atoms with Crippen LogP contribution in [0.2, 0.25) is 0 Å². The predicted molar refractivity (Wildman–Crippen MR) is 99.2 cm³/mol. The molecule has 0 heterocycles. The minimum Gasteiger partial charge on any atom is -0.460 e. The number of hydrogen-bond donors (Lipinski definition) is 0. The van der Waals surface area contributed by atoms with Crippen LogP contribution in [-0.4, -0.2) is 70.6 Å². The summed E-state index contributed by atoms with van der Waals surface area (Å²) < 4.78 is 31.6. The SMILES string of the molecule is C=C(C)C(=O)OCCOCCOC(C)(C)OCCOCCOC(=O)C(=C)C. The van der Waals surface area contributed by atoms with E-state index in [-0.39, 0.29) is 26.4 Å². The van der Waals surface area contributed by atoms with Crippen molar-refractivity contribution in [3.8, 4) is 0 Å². The lowest BCUT2D eigenvalue weighted by Gasteiger charge is -2.25. The second-order valence-corrected chi connectivity index (χ2v) is 6.15. The topological polar surface area (TPSA) is 89.5 Å². The molecule has 0 rings (SSSR count). The zero-order chi connectivity index (χ0) is 20.7. The van der Waals surface area contributed by atoms with E-state index in [0.717, 1.165) is 0 Å². The summed E-state index contributed by atoms with van der Waals surface area (Å²) in [5.41, 5.74) is 0.711. The maximum Gasteiger partial charge on any atom is 0.333 e. The lowest BCUT2D eigenvalue weighted by atomic mass is 10.4. The van der Waals surface area contributed by atoms with E-state index in [9.17, 15) is 9.59 Å². The molecule has 0 aromatic rings. The molecular weight excluding hydrogens is 356 g/mol. The zero-order valence-electron chi connectivity index (χ0n) is 16.8. The van der Waals surface area contributed by atoms with Crippen molar-refractivity contribution in [3.63, 3.8) is 0 Å². The Morgan fingerprint density at radius 2 is 1.00 bits per heavy atom. The maximum absolute atomic E-state index is 11.1.